The fraction of sp³-hybridized carbons (Fsp3) is 0.167. The van der Waals surface area contributed by atoms with Gasteiger partial charge in [0.05, 0.1) is 5.56 Å². The van der Waals surface area contributed by atoms with Crippen LogP contribution in [0, 0.1) is 20.8 Å². The van der Waals surface area contributed by atoms with Crippen LogP contribution in [0.3, 0.4) is 0 Å². The summed E-state index contributed by atoms with van der Waals surface area (Å²) in [5.74, 6) is 0. The normalized spacial score (nSPS) is 12.2. The molecule has 0 nitrogen and oxygen atoms in total. The van der Waals surface area contributed by atoms with Crippen LogP contribution in [0.15, 0.2) is 60.7 Å². The van der Waals surface area contributed by atoms with Gasteiger partial charge in [-0.05, 0) is 65.7 Å². The molecule has 0 saturated heterocycles. The van der Waals surface area contributed by atoms with E-state index < -0.39 is 11.7 Å². The van der Waals surface area contributed by atoms with Gasteiger partial charge in [-0.15, -0.1) is 8.19 Å². The van der Waals surface area contributed by atoms with Crippen LogP contribution in [0.4, 0.5) is 13.2 Å². The second-order valence-electron chi connectivity index (χ2n) is 7.27. The van der Waals surface area contributed by atoms with Crippen molar-refractivity contribution in [3.8, 4) is 22.0 Å². The van der Waals surface area contributed by atoms with E-state index >= 15 is 0 Å². The topological polar surface area (TPSA) is 0 Å². The average Bonchev–Trinajstić information content (AvgIpc) is 3.00. The predicted molar refractivity (Wildman–Crippen MR) is 114 cm³/mol. The minimum Gasteiger partial charge on any atom is -0.166 e. The Kier molecular flexibility index (Phi) is 4.59. The summed E-state index contributed by atoms with van der Waals surface area (Å²) in [6.45, 7) is 6.30. The zero-order valence-corrected chi connectivity index (χ0v) is 16.9. The first-order valence-electron chi connectivity index (χ1n) is 9.12. The lowest BCUT2D eigenvalue weighted by atomic mass is 9.90. The largest absolute Gasteiger partial charge is 0.416 e. The second-order valence-corrected chi connectivity index (χ2v) is 8.56. The van der Waals surface area contributed by atoms with Crippen molar-refractivity contribution in [3.05, 3.63) is 82.9 Å². The first kappa shape index (κ1) is 18.8. The van der Waals surface area contributed by atoms with Gasteiger partial charge in [0.25, 0.3) is 0 Å². The summed E-state index contributed by atoms with van der Waals surface area (Å²) in [6, 6.07) is 18.2. The third-order valence-electron chi connectivity index (χ3n) is 5.13. The summed E-state index contributed by atoms with van der Waals surface area (Å²) in [5.41, 5.74) is 6.19. The van der Waals surface area contributed by atoms with E-state index in [-0.39, 0.29) is 0 Å². The van der Waals surface area contributed by atoms with Crippen LogP contribution < -0.4 is 0 Å². The Labute approximate surface area is 164 Å². The molecule has 28 heavy (non-hydrogen) atoms. The molecule has 0 spiro atoms. The van der Waals surface area contributed by atoms with Crippen molar-refractivity contribution in [2.45, 2.75) is 26.9 Å². The number of rotatable bonds is 2. The molecule has 0 aliphatic heterocycles. The van der Waals surface area contributed by atoms with Gasteiger partial charge >= 0.3 is 6.18 Å². The van der Waals surface area contributed by atoms with Crippen LogP contribution >= 0.6 is 8.19 Å². The number of alkyl halides is 3. The molecule has 1 heterocycles. The lowest BCUT2D eigenvalue weighted by Crippen LogP contribution is -2.03. The Morgan fingerprint density at radius 3 is 1.96 bits per heavy atom. The fourth-order valence-corrected chi connectivity index (χ4v) is 5.51. The molecule has 1 unspecified atom stereocenters. The zero-order valence-electron chi connectivity index (χ0n) is 15.9. The third kappa shape index (κ3) is 3.25. The standard InChI is InChI=1S/C24H20F3P/c1-14-12-15(2)21(16(3)13-14)22-19-6-4-5-7-20(19)28-23(22)17-8-10-18(11-9-17)24(25,26)27/h4-13,28H,1-3H3. The van der Waals surface area contributed by atoms with E-state index in [0.29, 0.717) is 8.19 Å². The number of fused-ring (bicyclic) bond motifs is 1. The number of hydrogen-bond acceptors (Lipinski definition) is 0. The fourth-order valence-electron chi connectivity index (χ4n) is 4.02. The SMILES string of the molecule is Cc1cc(C)c(-c2c(-c3ccc(C(F)(F)F)cc3)[pH]c3ccccc23)c(C)c1. The minimum atomic E-state index is -4.32. The zero-order chi connectivity index (χ0) is 20.1. The van der Waals surface area contributed by atoms with Crippen molar-refractivity contribution < 1.29 is 13.2 Å². The smallest absolute Gasteiger partial charge is 0.166 e. The monoisotopic (exact) mass is 396 g/mol. The summed E-state index contributed by atoms with van der Waals surface area (Å²) in [7, 11) is 0.426. The molecule has 0 saturated carbocycles. The van der Waals surface area contributed by atoms with E-state index in [2.05, 4.69) is 45.0 Å². The molecule has 1 aromatic heterocycles. The Balaban J connectivity index is 2.00. The number of halogens is 3. The molecule has 0 fully saturated rings. The lowest BCUT2D eigenvalue weighted by molar-refractivity contribution is -0.137. The number of hydrogen-bond donors (Lipinski definition) is 0. The van der Waals surface area contributed by atoms with Crippen molar-refractivity contribution in [2.75, 3.05) is 0 Å². The summed E-state index contributed by atoms with van der Waals surface area (Å²) in [4.78, 5) is 0. The molecular weight excluding hydrogens is 376 g/mol. The van der Waals surface area contributed by atoms with Gasteiger partial charge in [0.1, 0.15) is 0 Å². The predicted octanol–water partition coefficient (Wildman–Crippen LogP) is 8.15. The molecule has 0 amide bonds. The van der Waals surface area contributed by atoms with Crippen molar-refractivity contribution in [1.82, 2.24) is 0 Å². The number of benzene rings is 3. The molecule has 0 N–H and O–H groups in total. The Morgan fingerprint density at radius 1 is 0.750 bits per heavy atom. The summed E-state index contributed by atoms with van der Waals surface area (Å²) >= 11 is 0. The van der Waals surface area contributed by atoms with Crippen molar-refractivity contribution in [3.63, 3.8) is 0 Å². The molecule has 0 bridgehead atoms. The molecular formula is C24H20F3P. The van der Waals surface area contributed by atoms with E-state index in [1.54, 1.807) is 12.1 Å². The maximum atomic E-state index is 13.0. The summed E-state index contributed by atoms with van der Waals surface area (Å²) in [6.07, 6.45) is -4.32. The minimum absolute atomic E-state index is 0.426. The van der Waals surface area contributed by atoms with Crippen LogP contribution in [0.25, 0.3) is 32.5 Å². The Morgan fingerprint density at radius 2 is 1.36 bits per heavy atom. The molecule has 0 aliphatic carbocycles. The van der Waals surface area contributed by atoms with Crippen LogP contribution in [0.1, 0.15) is 22.3 Å². The second kappa shape index (κ2) is 6.83. The Bertz CT molecular complexity index is 1140. The molecule has 142 valence electrons. The van der Waals surface area contributed by atoms with Crippen molar-refractivity contribution in [1.29, 1.82) is 0 Å². The quantitative estimate of drug-likeness (QED) is 0.321. The van der Waals surface area contributed by atoms with Crippen molar-refractivity contribution >= 4 is 18.7 Å². The van der Waals surface area contributed by atoms with Crippen LogP contribution in [-0.2, 0) is 6.18 Å². The average molecular weight is 396 g/mol. The van der Waals surface area contributed by atoms with Gasteiger partial charge in [0, 0.05) is 10.9 Å². The first-order valence-corrected chi connectivity index (χ1v) is 10.1. The van der Waals surface area contributed by atoms with E-state index in [1.165, 1.54) is 44.9 Å². The molecule has 0 radical (unpaired) electrons. The maximum Gasteiger partial charge on any atom is 0.416 e. The summed E-state index contributed by atoms with van der Waals surface area (Å²) < 4.78 is 39.0. The molecule has 1 atom stereocenters. The summed E-state index contributed by atoms with van der Waals surface area (Å²) in [5, 5.41) is 3.54. The third-order valence-corrected chi connectivity index (χ3v) is 6.63. The highest BCUT2D eigenvalue weighted by atomic mass is 31.0. The molecule has 4 rings (SSSR count). The van der Waals surface area contributed by atoms with E-state index in [9.17, 15) is 13.2 Å². The van der Waals surface area contributed by atoms with E-state index in [1.807, 2.05) is 12.1 Å². The van der Waals surface area contributed by atoms with E-state index in [4.69, 9.17) is 0 Å². The van der Waals surface area contributed by atoms with E-state index in [0.717, 1.165) is 16.4 Å². The lowest BCUT2D eigenvalue weighted by Gasteiger charge is -2.14. The Hall–Kier alpha value is -2.51. The van der Waals surface area contributed by atoms with Crippen LogP contribution in [-0.4, -0.2) is 0 Å². The van der Waals surface area contributed by atoms with Gasteiger partial charge in [0.2, 0.25) is 0 Å². The highest BCUT2D eigenvalue weighted by Crippen LogP contribution is 2.49. The molecule has 4 heteroatoms. The molecule has 0 aliphatic rings. The van der Waals surface area contributed by atoms with Crippen LogP contribution in [0.2, 0.25) is 0 Å². The van der Waals surface area contributed by atoms with Crippen molar-refractivity contribution in [2.24, 2.45) is 0 Å². The highest BCUT2D eigenvalue weighted by molar-refractivity contribution is 7.41. The van der Waals surface area contributed by atoms with Gasteiger partial charge in [-0.3, -0.25) is 0 Å². The van der Waals surface area contributed by atoms with Gasteiger partial charge in [-0.1, -0.05) is 54.1 Å². The van der Waals surface area contributed by atoms with Gasteiger partial charge in [-0.2, -0.15) is 13.2 Å². The highest BCUT2D eigenvalue weighted by Gasteiger charge is 2.30. The molecule has 4 aromatic rings. The number of aryl methyl sites for hydroxylation is 3. The van der Waals surface area contributed by atoms with Crippen LogP contribution in [0.5, 0.6) is 0 Å². The first-order chi connectivity index (χ1) is 13.3. The van der Waals surface area contributed by atoms with Gasteiger partial charge < -0.3 is 0 Å². The van der Waals surface area contributed by atoms with Gasteiger partial charge in [0.15, 0.2) is 0 Å². The molecule has 3 aromatic carbocycles. The maximum absolute atomic E-state index is 13.0. The van der Waals surface area contributed by atoms with Gasteiger partial charge in [-0.25, -0.2) is 0 Å².